The van der Waals surface area contributed by atoms with Crippen LogP contribution in [-0.2, 0) is 13.0 Å². The van der Waals surface area contributed by atoms with Crippen molar-refractivity contribution in [3.63, 3.8) is 0 Å². The highest BCUT2D eigenvalue weighted by molar-refractivity contribution is 5.92. The van der Waals surface area contributed by atoms with Crippen molar-refractivity contribution < 1.29 is 9.72 Å². The number of H-pyrrole nitrogens is 1. The van der Waals surface area contributed by atoms with Gasteiger partial charge in [-0.1, -0.05) is 32.4 Å². The van der Waals surface area contributed by atoms with Crippen LogP contribution in [0.5, 0.6) is 0 Å². The zero-order valence-electron chi connectivity index (χ0n) is 19.0. The zero-order chi connectivity index (χ0) is 24.1. The van der Waals surface area contributed by atoms with Gasteiger partial charge in [-0.15, -0.1) is 15.3 Å². The SMILES string of the molecule is CCCCc1nc(C(=O)CCC)nn1Cc1ccc(-n2c(-c3nn[nH]n3)ccc2[N+](=O)[O-])cc1. The van der Waals surface area contributed by atoms with Crippen molar-refractivity contribution in [3.8, 4) is 17.2 Å². The first-order chi connectivity index (χ1) is 16.5. The van der Waals surface area contributed by atoms with E-state index in [1.165, 1.54) is 10.6 Å². The summed E-state index contributed by atoms with van der Waals surface area (Å²) in [5.41, 5.74) is 1.96. The number of hydrogen-bond donors (Lipinski definition) is 1. The van der Waals surface area contributed by atoms with Crippen LogP contribution >= 0.6 is 0 Å². The summed E-state index contributed by atoms with van der Waals surface area (Å²) in [5, 5.41) is 29.9. The van der Waals surface area contributed by atoms with Gasteiger partial charge in [0, 0.05) is 18.9 Å². The Bertz CT molecular complexity index is 1270. The first-order valence-corrected chi connectivity index (χ1v) is 11.2. The summed E-state index contributed by atoms with van der Waals surface area (Å²) in [6.45, 7) is 4.50. The molecule has 12 heteroatoms. The van der Waals surface area contributed by atoms with Gasteiger partial charge in [0.25, 0.3) is 0 Å². The van der Waals surface area contributed by atoms with Gasteiger partial charge in [0.05, 0.1) is 6.54 Å². The molecular formula is C22H25N9O3. The number of tetrazole rings is 1. The average molecular weight is 464 g/mol. The largest absolute Gasteiger partial charge is 0.358 e. The van der Waals surface area contributed by atoms with Crippen LogP contribution in [0.3, 0.4) is 0 Å². The van der Waals surface area contributed by atoms with Gasteiger partial charge in [-0.3, -0.25) is 4.79 Å². The predicted octanol–water partition coefficient (Wildman–Crippen LogP) is 3.53. The molecule has 0 aliphatic heterocycles. The predicted molar refractivity (Wildman–Crippen MR) is 123 cm³/mol. The lowest BCUT2D eigenvalue weighted by Gasteiger charge is -2.08. The smallest absolute Gasteiger partial charge is 0.328 e. The molecule has 0 spiro atoms. The number of nitrogens with one attached hydrogen (secondary N) is 1. The number of rotatable bonds is 11. The van der Waals surface area contributed by atoms with Crippen molar-refractivity contribution >= 4 is 11.6 Å². The van der Waals surface area contributed by atoms with E-state index in [1.54, 1.807) is 22.9 Å². The van der Waals surface area contributed by atoms with E-state index in [-0.39, 0.29) is 23.2 Å². The summed E-state index contributed by atoms with van der Waals surface area (Å²) in [6, 6.07) is 10.3. The third kappa shape index (κ3) is 4.75. The van der Waals surface area contributed by atoms with E-state index in [9.17, 15) is 14.9 Å². The number of nitrogens with zero attached hydrogens (tertiary/aromatic N) is 8. The van der Waals surface area contributed by atoms with Gasteiger partial charge in [-0.2, -0.15) is 9.78 Å². The minimum Gasteiger partial charge on any atom is -0.358 e. The maximum atomic E-state index is 12.3. The van der Waals surface area contributed by atoms with Gasteiger partial charge >= 0.3 is 5.82 Å². The van der Waals surface area contributed by atoms with Gasteiger partial charge in [0.1, 0.15) is 11.5 Å². The number of Topliss-reactive ketones (excluding diaryl/α,β-unsaturated/α-hetero) is 1. The lowest BCUT2D eigenvalue weighted by Crippen LogP contribution is -2.08. The quantitative estimate of drug-likeness (QED) is 0.201. The molecule has 0 saturated carbocycles. The van der Waals surface area contributed by atoms with Gasteiger partial charge in [0.15, 0.2) is 5.69 Å². The average Bonchev–Trinajstić information content (AvgIpc) is 3.58. The van der Waals surface area contributed by atoms with E-state index in [4.69, 9.17) is 0 Å². The number of nitro groups is 1. The first-order valence-electron chi connectivity index (χ1n) is 11.2. The molecule has 0 bridgehead atoms. The second-order valence-electron chi connectivity index (χ2n) is 7.86. The Morgan fingerprint density at radius 1 is 1.12 bits per heavy atom. The Kier molecular flexibility index (Phi) is 6.85. The van der Waals surface area contributed by atoms with Crippen LogP contribution in [0.25, 0.3) is 17.2 Å². The molecule has 0 aliphatic rings. The van der Waals surface area contributed by atoms with Crippen LogP contribution in [0.1, 0.15) is 61.5 Å². The molecule has 12 nitrogen and oxygen atoms in total. The summed E-state index contributed by atoms with van der Waals surface area (Å²) >= 11 is 0. The molecule has 0 radical (unpaired) electrons. The van der Waals surface area contributed by atoms with Gasteiger partial charge in [0.2, 0.25) is 17.4 Å². The molecule has 176 valence electrons. The van der Waals surface area contributed by atoms with Crippen molar-refractivity contribution in [2.24, 2.45) is 0 Å². The number of hydrogen-bond acceptors (Lipinski definition) is 8. The highest BCUT2D eigenvalue weighted by Crippen LogP contribution is 2.28. The molecule has 34 heavy (non-hydrogen) atoms. The second-order valence-corrected chi connectivity index (χ2v) is 7.86. The summed E-state index contributed by atoms with van der Waals surface area (Å²) in [4.78, 5) is 27.9. The fourth-order valence-corrected chi connectivity index (χ4v) is 3.69. The lowest BCUT2D eigenvalue weighted by molar-refractivity contribution is -0.390. The van der Waals surface area contributed by atoms with Gasteiger partial charge in [-0.05, 0) is 46.7 Å². The molecule has 4 aromatic rings. The molecule has 0 fully saturated rings. The molecular weight excluding hydrogens is 438 g/mol. The summed E-state index contributed by atoms with van der Waals surface area (Å²) in [5.74, 6) is 1.14. The standard InChI is InChI=1S/C22H25N9O3/c1-3-5-7-19-23-22(18(32)6-4-2)26-29(19)14-15-8-10-16(11-9-15)30-17(21-24-27-28-25-21)12-13-20(30)31(33)34/h8-13H,3-7,14H2,1-2H3,(H,24,25,27,28). The van der Waals surface area contributed by atoms with Crippen molar-refractivity contribution in [2.75, 3.05) is 0 Å². The van der Waals surface area contributed by atoms with Crippen LogP contribution in [0.2, 0.25) is 0 Å². The highest BCUT2D eigenvalue weighted by atomic mass is 16.6. The molecule has 0 aliphatic carbocycles. The zero-order valence-corrected chi connectivity index (χ0v) is 19.0. The van der Waals surface area contributed by atoms with E-state index < -0.39 is 4.92 Å². The number of ketones is 1. The molecule has 0 saturated heterocycles. The number of carbonyl (C=O) groups is 1. The van der Waals surface area contributed by atoms with Crippen molar-refractivity contribution in [1.82, 2.24) is 40.0 Å². The number of benzene rings is 1. The maximum Gasteiger partial charge on any atom is 0.328 e. The Morgan fingerprint density at radius 2 is 1.91 bits per heavy atom. The molecule has 0 unspecified atom stereocenters. The molecule has 1 N–H and O–H groups in total. The van der Waals surface area contributed by atoms with Crippen LogP contribution in [-0.4, -0.2) is 50.7 Å². The third-order valence-corrected chi connectivity index (χ3v) is 5.38. The number of aryl methyl sites for hydroxylation is 1. The Morgan fingerprint density at radius 3 is 2.56 bits per heavy atom. The monoisotopic (exact) mass is 463 g/mol. The van der Waals surface area contributed by atoms with Gasteiger partial charge in [-0.25, -0.2) is 9.67 Å². The molecule has 3 aromatic heterocycles. The summed E-state index contributed by atoms with van der Waals surface area (Å²) in [7, 11) is 0. The van der Waals surface area contributed by atoms with Crippen molar-refractivity contribution in [2.45, 2.75) is 52.5 Å². The maximum absolute atomic E-state index is 12.3. The third-order valence-electron chi connectivity index (χ3n) is 5.38. The van der Waals surface area contributed by atoms with E-state index >= 15 is 0 Å². The summed E-state index contributed by atoms with van der Waals surface area (Å²) in [6.07, 6.45) is 3.87. The van der Waals surface area contributed by atoms with Gasteiger partial charge < -0.3 is 10.1 Å². The molecule has 3 heterocycles. The second kappa shape index (κ2) is 10.1. The molecule has 0 atom stereocenters. The topological polar surface area (TPSA) is 150 Å². The molecule has 4 rings (SSSR count). The Balaban J connectivity index is 1.63. The van der Waals surface area contributed by atoms with Crippen LogP contribution in [0, 0.1) is 10.1 Å². The number of carbonyl (C=O) groups excluding carboxylic acids is 1. The van der Waals surface area contributed by atoms with Crippen LogP contribution in [0.15, 0.2) is 36.4 Å². The van der Waals surface area contributed by atoms with Crippen LogP contribution < -0.4 is 0 Å². The van der Waals surface area contributed by atoms with E-state index in [1.807, 2.05) is 19.1 Å². The number of aromatic nitrogens is 8. The molecule has 1 aromatic carbocycles. The first kappa shape index (κ1) is 23.0. The van der Waals surface area contributed by atoms with E-state index in [0.717, 1.165) is 37.1 Å². The normalized spacial score (nSPS) is 11.1. The van der Waals surface area contributed by atoms with Crippen molar-refractivity contribution in [1.29, 1.82) is 0 Å². The Hall–Kier alpha value is -4.22. The number of unbranched alkanes of at least 4 members (excludes halogenated alkanes) is 1. The van der Waals surface area contributed by atoms with Crippen LogP contribution in [0.4, 0.5) is 5.82 Å². The highest BCUT2D eigenvalue weighted by Gasteiger charge is 2.24. The minimum absolute atomic E-state index is 0.0525. The fraction of sp³-hybridized carbons (Fsp3) is 0.364. The summed E-state index contributed by atoms with van der Waals surface area (Å²) < 4.78 is 3.24. The van der Waals surface area contributed by atoms with E-state index in [2.05, 4.69) is 37.6 Å². The molecule has 0 amide bonds. The lowest BCUT2D eigenvalue weighted by atomic mass is 10.2. The fourth-order valence-electron chi connectivity index (χ4n) is 3.69. The number of aromatic amines is 1. The van der Waals surface area contributed by atoms with E-state index in [0.29, 0.717) is 24.3 Å². The van der Waals surface area contributed by atoms with Crippen molar-refractivity contribution in [3.05, 3.63) is 63.7 Å². The Labute approximate surface area is 195 Å². The minimum atomic E-state index is -0.457.